The molecule has 1 aliphatic rings. The standard InChI is InChI=1S/C20H24FN3O2S/c1-14(2)20(21,13-25)18-10-11-22-19(23-18)24(27-17-8-9-17)12-15-4-6-16(26-3)7-5-15/h4-7,10-11,13-14,17H,8-9,12H2,1-3H3. The minimum atomic E-state index is -2.12. The second kappa shape index (κ2) is 8.25. The molecular weight excluding hydrogens is 365 g/mol. The van der Waals surface area contributed by atoms with Crippen LogP contribution in [0, 0.1) is 5.92 Å². The molecule has 0 radical (unpaired) electrons. The fraction of sp³-hybridized carbons (Fsp3) is 0.450. The van der Waals surface area contributed by atoms with Gasteiger partial charge in [0, 0.05) is 17.4 Å². The van der Waals surface area contributed by atoms with E-state index in [1.807, 2.05) is 28.6 Å². The summed E-state index contributed by atoms with van der Waals surface area (Å²) in [5.74, 6) is 0.706. The number of carbonyl (C=O) groups is 1. The molecule has 0 N–H and O–H groups in total. The highest BCUT2D eigenvalue weighted by atomic mass is 32.2. The van der Waals surface area contributed by atoms with Gasteiger partial charge in [-0.3, -0.25) is 9.10 Å². The van der Waals surface area contributed by atoms with Crippen molar-refractivity contribution in [2.75, 3.05) is 11.4 Å². The lowest BCUT2D eigenvalue weighted by Crippen LogP contribution is -2.31. The van der Waals surface area contributed by atoms with Gasteiger partial charge in [0.15, 0.2) is 6.29 Å². The number of nitrogens with zero attached hydrogens (tertiary/aromatic N) is 3. The molecule has 7 heteroatoms. The van der Waals surface area contributed by atoms with Crippen LogP contribution in [-0.4, -0.2) is 28.6 Å². The highest BCUT2D eigenvalue weighted by Gasteiger charge is 2.38. The molecule has 144 valence electrons. The number of hydrogen-bond donors (Lipinski definition) is 0. The van der Waals surface area contributed by atoms with Crippen LogP contribution < -0.4 is 9.04 Å². The van der Waals surface area contributed by atoms with Crippen LogP contribution in [0.4, 0.5) is 10.3 Å². The number of ether oxygens (including phenoxy) is 1. The normalized spacial score (nSPS) is 16.0. The van der Waals surface area contributed by atoms with Gasteiger partial charge >= 0.3 is 0 Å². The van der Waals surface area contributed by atoms with E-state index in [-0.39, 0.29) is 5.69 Å². The molecule has 1 unspecified atom stereocenters. The number of carbonyl (C=O) groups excluding carboxylic acids is 1. The average molecular weight is 389 g/mol. The van der Waals surface area contributed by atoms with Gasteiger partial charge in [-0.15, -0.1) is 0 Å². The predicted molar refractivity (Wildman–Crippen MR) is 106 cm³/mol. The second-order valence-electron chi connectivity index (χ2n) is 6.97. The van der Waals surface area contributed by atoms with Crippen LogP contribution in [0.15, 0.2) is 36.5 Å². The Bertz CT molecular complexity index is 783. The van der Waals surface area contributed by atoms with Gasteiger partial charge in [-0.1, -0.05) is 26.0 Å². The first-order valence-electron chi connectivity index (χ1n) is 9.02. The largest absolute Gasteiger partial charge is 0.497 e. The third kappa shape index (κ3) is 4.58. The lowest BCUT2D eigenvalue weighted by molar-refractivity contribution is -0.121. The quantitative estimate of drug-likeness (QED) is 0.470. The van der Waals surface area contributed by atoms with E-state index in [1.54, 1.807) is 32.9 Å². The summed E-state index contributed by atoms with van der Waals surface area (Å²) in [6.45, 7) is 3.92. The number of halogens is 1. The summed E-state index contributed by atoms with van der Waals surface area (Å²) in [5.41, 5.74) is -0.939. The number of methoxy groups -OCH3 is 1. The molecule has 1 atom stereocenters. The van der Waals surface area contributed by atoms with E-state index >= 15 is 4.39 Å². The molecule has 1 aromatic carbocycles. The lowest BCUT2D eigenvalue weighted by atomic mass is 9.90. The number of hydrogen-bond acceptors (Lipinski definition) is 6. The number of aldehydes is 1. The van der Waals surface area contributed by atoms with E-state index in [9.17, 15) is 4.79 Å². The van der Waals surface area contributed by atoms with Gasteiger partial charge in [-0.05, 0) is 48.6 Å². The molecule has 0 saturated heterocycles. The van der Waals surface area contributed by atoms with E-state index < -0.39 is 11.6 Å². The van der Waals surface area contributed by atoms with E-state index in [0.29, 0.717) is 24.0 Å². The minimum Gasteiger partial charge on any atom is -0.497 e. The molecule has 3 rings (SSSR count). The van der Waals surface area contributed by atoms with Crippen LogP contribution in [-0.2, 0) is 17.0 Å². The molecule has 1 fully saturated rings. The van der Waals surface area contributed by atoms with E-state index in [4.69, 9.17) is 4.74 Å². The SMILES string of the molecule is COc1ccc(CN(SC2CC2)c2nccc(C(F)(C=O)C(C)C)n2)cc1. The summed E-state index contributed by atoms with van der Waals surface area (Å²) >= 11 is 1.67. The van der Waals surface area contributed by atoms with Crippen molar-refractivity contribution < 1.29 is 13.9 Å². The molecular formula is C20H24FN3O2S. The van der Waals surface area contributed by atoms with Gasteiger partial charge in [0.25, 0.3) is 0 Å². The van der Waals surface area contributed by atoms with Gasteiger partial charge < -0.3 is 4.74 Å². The number of alkyl halides is 1. The third-order valence-corrected chi connectivity index (χ3v) is 5.87. The maximum atomic E-state index is 15.1. The molecule has 1 heterocycles. The first kappa shape index (κ1) is 19.6. The maximum absolute atomic E-state index is 15.1. The Hall–Kier alpha value is -2.15. The zero-order chi connectivity index (χ0) is 19.4. The molecule has 0 amide bonds. The van der Waals surface area contributed by atoms with Crippen LogP contribution in [0.3, 0.4) is 0 Å². The Morgan fingerprint density at radius 1 is 1.33 bits per heavy atom. The van der Waals surface area contributed by atoms with Crippen molar-refractivity contribution in [1.82, 2.24) is 9.97 Å². The Kier molecular flexibility index (Phi) is 5.99. The maximum Gasteiger partial charge on any atom is 0.236 e. The van der Waals surface area contributed by atoms with Crippen molar-refractivity contribution in [3.8, 4) is 5.75 Å². The Balaban J connectivity index is 1.88. The molecule has 0 bridgehead atoms. The average Bonchev–Trinajstić information content (AvgIpc) is 3.51. The fourth-order valence-corrected chi connectivity index (χ4v) is 3.69. The smallest absolute Gasteiger partial charge is 0.236 e. The monoisotopic (exact) mass is 389 g/mol. The Morgan fingerprint density at radius 3 is 2.59 bits per heavy atom. The molecule has 27 heavy (non-hydrogen) atoms. The molecule has 2 aromatic rings. The molecule has 0 spiro atoms. The summed E-state index contributed by atoms with van der Waals surface area (Å²) < 4.78 is 22.3. The fourth-order valence-electron chi connectivity index (χ4n) is 2.58. The van der Waals surface area contributed by atoms with Crippen molar-refractivity contribution >= 4 is 24.2 Å². The van der Waals surface area contributed by atoms with Crippen LogP contribution in [0.5, 0.6) is 5.75 Å². The number of benzene rings is 1. The van der Waals surface area contributed by atoms with Gasteiger partial charge in [0.05, 0.1) is 19.3 Å². The minimum absolute atomic E-state index is 0.105. The third-order valence-electron chi connectivity index (χ3n) is 4.56. The van der Waals surface area contributed by atoms with Crippen molar-refractivity contribution in [1.29, 1.82) is 0 Å². The highest BCUT2D eigenvalue weighted by Crippen LogP contribution is 2.39. The predicted octanol–water partition coefficient (Wildman–Crippen LogP) is 4.32. The highest BCUT2D eigenvalue weighted by molar-refractivity contribution is 8.01. The Morgan fingerprint density at radius 2 is 2.04 bits per heavy atom. The van der Waals surface area contributed by atoms with E-state index in [0.717, 1.165) is 24.2 Å². The summed E-state index contributed by atoms with van der Waals surface area (Å²) in [5, 5.41) is 0.529. The second-order valence-corrected chi connectivity index (χ2v) is 8.29. The van der Waals surface area contributed by atoms with Gasteiger partial charge in [0.1, 0.15) is 5.75 Å². The van der Waals surface area contributed by atoms with Crippen molar-refractivity contribution in [2.45, 2.75) is 44.2 Å². The number of rotatable bonds is 9. The first-order chi connectivity index (χ1) is 13.0. The molecule has 1 aromatic heterocycles. The summed E-state index contributed by atoms with van der Waals surface area (Å²) in [6, 6.07) is 9.27. The lowest BCUT2D eigenvalue weighted by Gasteiger charge is -2.25. The Labute approximate surface area is 163 Å². The summed E-state index contributed by atoms with van der Waals surface area (Å²) in [6.07, 6.45) is 4.16. The van der Waals surface area contributed by atoms with Crippen LogP contribution in [0.25, 0.3) is 0 Å². The van der Waals surface area contributed by atoms with E-state index in [1.165, 1.54) is 12.3 Å². The summed E-state index contributed by atoms with van der Waals surface area (Å²) in [4.78, 5) is 20.2. The zero-order valence-corrected chi connectivity index (χ0v) is 16.6. The van der Waals surface area contributed by atoms with Crippen LogP contribution in [0.2, 0.25) is 0 Å². The van der Waals surface area contributed by atoms with Crippen molar-refractivity contribution in [3.63, 3.8) is 0 Å². The van der Waals surface area contributed by atoms with Crippen LogP contribution >= 0.6 is 11.9 Å². The molecule has 5 nitrogen and oxygen atoms in total. The topological polar surface area (TPSA) is 55.3 Å². The first-order valence-corrected chi connectivity index (χ1v) is 9.86. The van der Waals surface area contributed by atoms with Crippen LogP contribution in [0.1, 0.15) is 37.9 Å². The van der Waals surface area contributed by atoms with Crippen molar-refractivity contribution in [2.24, 2.45) is 5.92 Å². The molecule has 0 aliphatic heterocycles. The van der Waals surface area contributed by atoms with Gasteiger partial charge in [-0.2, -0.15) is 0 Å². The molecule has 1 aliphatic carbocycles. The summed E-state index contributed by atoms with van der Waals surface area (Å²) in [7, 11) is 1.63. The molecule has 1 saturated carbocycles. The number of aromatic nitrogens is 2. The van der Waals surface area contributed by atoms with Gasteiger partial charge in [0.2, 0.25) is 11.6 Å². The zero-order valence-electron chi connectivity index (χ0n) is 15.8. The van der Waals surface area contributed by atoms with Crippen molar-refractivity contribution in [3.05, 3.63) is 47.8 Å². The van der Waals surface area contributed by atoms with Gasteiger partial charge in [-0.25, -0.2) is 14.4 Å². The number of anilines is 1. The van der Waals surface area contributed by atoms with E-state index in [2.05, 4.69) is 9.97 Å².